The van der Waals surface area contributed by atoms with E-state index in [4.69, 9.17) is 9.72 Å². The molecule has 12 heteroatoms. The zero-order chi connectivity index (χ0) is 27.8. The van der Waals surface area contributed by atoms with Crippen LogP contribution < -0.4 is 10.2 Å². The third-order valence-electron chi connectivity index (χ3n) is 8.64. The number of pyridine rings is 2. The Hall–Kier alpha value is -4.03. The number of piperazine rings is 1. The zero-order valence-corrected chi connectivity index (χ0v) is 23.3. The first-order chi connectivity index (χ1) is 20.1. The molecule has 214 valence electrons. The molecule has 0 radical (unpaired) electrons. The van der Waals surface area contributed by atoms with E-state index in [-0.39, 0.29) is 18.6 Å². The van der Waals surface area contributed by atoms with Crippen molar-refractivity contribution in [2.45, 2.75) is 32.1 Å². The fraction of sp³-hybridized carbons (Fsp3) is 0.483. The Balaban J connectivity index is 1.00. The first-order valence-electron chi connectivity index (χ1n) is 14.5. The first-order valence-corrected chi connectivity index (χ1v) is 14.5. The standard InChI is InChI=1S/C29H36N10O2/c1-35-10-12-36(13-11-35)26(40)19-38-18-24(15-31-38)32-29-33-28-25(5-3-9-39(28)34-29)37-16-22-6-7-23(17-37)27(22)41-20-21-4-2-8-30-14-21/h2-5,8-9,14-15,18,22-23,27H,6-7,10-13,16-17,19-20H2,1H3,(H,32,34)/t22-,23+,27?. The Bertz CT molecular complexity index is 1480. The predicted molar refractivity (Wildman–Crippen MR) is 154 cm³/mol. The Morgan fingerprint density at radius 2 is 1.90 bits per heavy atom. The van der Waals surface area contributed by atoms with Crippen LogP contribution in [-0.2, 0) is 22.7 Å². The van der Waals surface area contributed by atoms with Crippen LogP contribution in [0.2, 0.25) is 0 Å². The summed E-state index contributed by atoms with van der Waals surface area (Å²) in [5.41, 5.74) is 3.78. The summed E-state index contributed by atoms with van der Waals surface area (Å²) in [6, 6.07) is 8.18. The average Bonchev–Trinajstić information content (AvgIpc) is 3.67. The van der Waals surface area contributed by atoms with E-state index in [2.05, 4.69) is 49.5 Å². The molecule has 2 bridgehead atoms. The number of nitrogens with one attached hydrogen (secondary N) is 1. The molecule has 12 nitrogen and oxygen atoms in total. The lowest BCUT2D eigenvalue weighted by atomic mass is 9.94. The molecule has 1 saturated carbocycles. The van der Waals surface area contributed by atoms with Gasteiger partial charge in [-0.1, -0.05) is 6.07 Å². The van der Waals surface area contributed by atoms with Crippen LogP contribution in [0.1, 0.15) is 18.4 Å². The van der Waals surface area contributed by atoms with Crippen LogP contribution in [0, 0.1) is 11.8 Å². The molecule has 1 aliphatic carbocycles. The van der Waals surface area contributed by atoms with Crippen LogP contribution in [0.5, 0.6) is 0 Å². The molecule has 1 amide bonds. The van der Waals surface area contributed by atoms with Crippen LogP contribution in [0.25, 0.3) is 5.65 Å². The van der Waals surface area contributed by atoms with Gasteiger partial charge in [0.05, 0.1) is 30.3 Å². The number of nitrogens with zero attached hydrogens (tertiary/aromatic N) is 9. The van der Waals surface area contributed by atoms with E-state index in [0.29, 0.717) is 24.4 Å². The molecule has 4 aromatic rings. The van der Waals surface area contributed by atoms with Crippen LogP contribution >= 0.6 is 0 Å². The second-order valence-corrected chi connectivity index (χ2v) is 11.5. The highest BCUT2D eigenvalue weighted by molar-refractivity contribution is 5.76. The number of aromatic nitrogens is 6. The maximum absolute atomic E-state index is 12.7. The van der Waals surface area contributed by atoms with Crippen molar-refractivity contribution in [3.05, 3.63) is 60.8 Å². The van der Waals surface area contributed by atoms with Crippen molar-refractivity contribution in [2.75, 3.05) is 56.5 Å². The summed E-state index contributed by atoms with van der Waals surface area (Å²) >= 11 is 0. The summed E-state index contributed by atoms with van der Waals surface area (Å²) in [7, 11) is 2.08. The first kappa shape index (κ1) is 25.9. The lowest BCUT2D eigenvalue weighted by Crippen LogP contribution is -2.48. The number of ether oxygens (including phenoxy) is 1. The van der Waals surface area contributed by atoms with E-state index in [9.17, 15) is 4.79 Å². The second-order valence-electron chi connectivity index (χ2n) is 11.5. The third kappa shape index (κ3) is 5.49. The molecular formula is C29H36N10O2. The number of carbonyl (C=O) groups excluding carboxylic acids is 1. The molecular weight excluding hydrogens is 520 g/mol. The van der Waals surface area contributed by atoms with Gasteiger partial charge in [-0.05, 0) is 43.7 Å². The Labute approximate surface area is 238 Å². The minimum atomic E-state index is 0.0865. The molecule has 41 heavy (non-hydrogen) atoms. The van der Waals surface area contributed by atoms with E-state index >= 15 is 0 Å². The maximum Gasteiger partial charge on any atom is 0.247 e. The number of hydrogen-bond acceptors (Lipinski definition) is 9. The number of fused-ring (bicyclic) bond motifs is 3. The minimum Gasteiger partial charge on any atom is -0.373 e. The SMILES string of the molecule is CN1CCN(C(=O)Cn2cc(Nc3nc4c(N5C[C@H]6CC[C@@H](C5)C6OCc5cccnc5)cccn4n3)cn2)CC1. The van der Waals surface area contributed by atoms with Gasteiger partial charge in [0.25, 0.3) is 0 Å². The Kier molecular flexibility index (Phi) is 7.01. The Morgan fingerprint density at radius 3 is 2.68 bits per heavy atom. The van der Waals surface area contributed by atoms with Crippen molar-refractivity contribution in [2.24, 2.45) is 11.8 Å². The summed E-state index contributed by atoms with van der Waals surface area (Å²) in [5.74, 6) is 1.57. The van der Waals surface area contributed by atoms with Crippen LogP contribution in [0.15, 0.2) is 55.2 Å². The van der Waals surface area contributed by atoms with Crippen molar-refractivity contribution >= 4 is 28.9 Å². The number of rotatable bonds is 8. The number of amides is 1. The van der Waals surface area contributed by atoms with E-state index in [1.54, 1.807) is 17.1 Å². The molecule has 2 aliphatic heterocycles. The lowest BCUT2D eigenvalue weighted by Gasteiger charge is -2.39. The normalized spacial score (nSPS) is 22.9. The quantitative estimate of drug-likeness (QED) is 0.350. The lowest BCUT2D eigenvalue weighted by molar-refractivity contribution is -0.133. The van der Waals surface area contributed by atoms with Gasteiger partial charge in [0.15, 0.2) is 5.65 Å². The number of carbonyl (C=O) groups is 1. The smallest absolute Gasteiger partial charge is 0.247 e. The van der Waals surface area contributed by atoms with Crippen LogP contribution in [-0.4, -0.2) is 97.5 Å². The molecule has 3 fully saturated rings. The third-order valence-corrected chi connectivity index (χ3v) is 8.64. The monoisotopic (exact) mass is 556 g/mol. The summed E-state index contributed by atoms with van der Waals surface area (Å²) in [6.45, 7) is 6.03. The maximum atomic E-state index is 12.7. The van der Waals surface area contributed by atoms with Gasteiger partial charge in [-0.3, -0.25) is 14.5 Å². The number of likely N-dealkylation sites (N-methyl/N-ethyl adjacent to an activating group) is 1. The van der Waals surface area contributed by atoms with E-state index in [1.165, 1.54) is 12.8 Å². The molecule has 3 atom stereocenters. The second kappa shape index (κ2) is 11.1. The highest BCUT2D eigenvalue weighted by atomic mass is 16.5. The molecule has 1 unspecified atom stereocenters. The van der Waals surface area contributed by atoms with Gasteiger partial charge in [0, 0.05) is 75.9 Å². The molecule has 7 rings (SSSR count). The van der Waals surface area contributed by atoms with Gasteiger partial charge in [0.2, 0.25) is 11.9 Å². The van der Waals surface area contributed by atoms with E-state index in [0.717, 1.165) is 61.9 Å². The van der Waals surface area contributed by atoms with Gasteiger partial charge in [0.1, 0.15) is 6.54 Å². The summed E-state index contributed by atoms with van der Waals surface area (Å²) in [5, 5.41) is 12.3. The Morgan fingerprint density at radius 1 is 1.07 bits per heavy atom. The fourth-order valence-electron chi connectivity index (χ4n) is 6.45. The van der Waals surface area contributed by atoms with Crippen molar-refractivity contribution in [3.8, 4) is 0 Å². The van der Waals surface area contributed by atoms with Crippen LogP contribution in [0.4, 0.5) is 17.3 Å². The number of piperidine rings is 1. The largest absolute Gasteiger partial charge is 0.373 e. The zero-order valence-electron chi connectivity index (χ0n) is 23.3. The number of anilines is 3. The van der Waals surface area contributed by atoms with Crippen molar-refractivity contribution in [1.29, 1.82) is 0 Å². The molecule has 6 heterocycles. The fourth-order valence-corrected chi connectivity index (χ4v) is 6.45. The van der Waals surface area contributed by atoms with Gasteiger partial charge >= 0.3 is 0 Å². The molecule has 1 N–H and O–H groups in total. The number of hydrogen-bond donors (Lipinski definition) is 1. The van der Waals surface area contributed by atoms with Gasteiger partial charge < -0.3 is 24.8 Å². The highest BCUT2D eigenvalue weighted by Gasteiger charge is 2.43. The molecule has 2 saturated heterocycles. The summed E-state index contributed by atoms with van der Waals surface area (Å²) < 4.78 is 9.91. The van der Waals surface area contributed by atoms with Gasteiger partial charge in [-0.25, -0.2) is 4.52 Å². The van der Waals surface area contributed by atoms with Crippen molar-refractivity contribution in [1.82, 2.24) is 39.2 Å². The molecule has 4 aromatic heterocycles. The van der Waals surface area contributed by atoms with Gasteiger partial charge in [-0.2, -0.15) is 10.1 Å². The molecule has 0 aromatic carbocycles. The minimum absolute atomic E-state index is 0.0865. The summed E-state index contributed by atoms with van der Waals surface area (Å²) in [4.78, 5) is 28.3. The predicted octanol–water partition coefficient (Wildman–Crippen LogP) is 2.27. The van der Waals surface area contributed by atoms with Gasteiger partial charge in [-0.15, -0.1) is 5.10 Å². The van der Waals surface area contributed by atoms with E-state index < -0.39 is 0 Å². The molecule has 3 aliphatic rings. The highest BCUT2D eigenvalue weighted by Crippen LogP contribution is 2.41. The summed E-state index contributed by atoms with van der Waals surface area (Å²) in [6.07, 6.45) is 11.8. The molecule has 0 spiro atoms. The topological polar surface area (TPSA) is 109 Å². The average molecular weight is 557 g/mol. The van der Waals surface area contributed by atoms with E-state index in [1.807, 2.05) is 40.1 Å². The van der Waals surface area contributed by atoms with Crippen molar-refractivity contribution in [3.63, 3.8) is 0 Å². The van der Waals surface area contributed by atoms with Crippen molar-refractivity contribution < 1.29 is 9.53 Å². The van der Waals surface area contributed by atoms with Crippen LogP contribution in [0.3, 0.4) is 0 Å².